The van der Waals surface area contributed by atoms with E-state index >= 15 is 0 Å². The number of allylic oxidation sites excluding steroid dienone is 2. The molecule has 0 saturated carbocycles. The number of benzene rings is 1. The van der Waals surface area contributed by atoms with Crippen molar-refractivity contribution in [3.05, 3.63) is 46.2 Å². The molecule has 1 heterocycles. The number of halogens is 1. The van der Waals surface area contributed by atoms with Crippen LogP contribution in [0.1, 0.15) is 56.9 Å². The summed E-state index contributed by atoms with van der Waals surface area (Å²) in [7, 11) is 0. The number of rotatable bonds is 5. The molecule has 0 N–H and O–H groups in total. The molecule has 0 aromatic heterocycles. The second-order valence-electron chi connectivity index (χ2n) is 6.23. The lowest BCUT2D eigenvalue weighted by molar-refractivity contribution is -0.139. The Bertz CT molecular complexity index is 591. The Morgan fingerprint density at radius 1 is 1.26 bits per heavy atom. The van der Waals surface area contributed by atoms with Crippen LogP contribution in [0, 0.1) is 0 Å². The van der Waals surface area contributed by atoms with E-state index in [9.17, 15) is 4.79 Å². The molecular formula is C19H23ClO3. The van der Waals surface area contributed by atoms with Gasteiger partial charge in [-0.25, -0.2) is 0 Å². The highest BCUT2D eigenvalue weighted by Gasteiger charge is 2.37. The number of hydrogen-bond donors (Lipinski definition) is 0. The van der Waals surface area contributed by atoms with Gasteiger partial charge in [-0.1, -0.05) is 37.1 Å². The van der Waals surface area contributed by atoms with E-state index in [2.05, 4.69) is 6.92 Å². The maximum Gasteiger partial charge on any atom is 0.200 e. The van der Waals surface area contributed by atoms with Crippen molar-refractivity contribution >= 4 is 17.4 Å². The number of ether oxygens (including phenoxy) is 2. The van der Waals surface area contributed by atoms with Crippen molar-refractivity contribution in [2.45, 2.75) is 57.7 Å². The Morgan fingerprint density at radius 2 is 2.04 bits per heavy atom. The average Bonchev–Trinajstić information content (AvgIpc) is 2.55. The fourth-order valence-corrected chi connectivity index (χ4v) is 3.45. The van der Waals surface area contributed by atoms with E-state index < -0.39 is 0 Å². The molecule has 0 radical (unpaired) electrons. The fourth-order valence-electron chi connectivity index (χ4n) is 3.32. The zero-order valence-electron chi connectivity index (χ0n) is 13.5. The molecule has 2 unspecified atom stereocenters. The molecule has 3 nitrogen and oxygen atoms in total. The van der Waals surface area contributed by atoms with E-state index in [1.54, 1.807) is 0 Å². The summed E-state index contributed by atoms with van der Waals surface area (Å²) in [5, 5.41) is 0.709. The van der Waals surface area contributed by atoms with Crippen molar-refractivity contribution < 1.29 is 14.3 Å². The summed E-state index contributed by atoms with van der Waals surface area (Å²) in [6, 6.07) is 7.78. The molecule has 23 heavy (non-hydrogen) atoms. The highest BCUT2D eigenvalue weighted by Crippen LogP contribution is 2.42. The van der Waals surface area contributed by atoms with Gasteiger partial charge in [0.25, 0.3) is 0 Å². The van der Waals surface area contributed by atoms with Crippen LogP contribution in [-0.4, -0.2) is 18.7 Å². The molecule has 2 aliphatic rings. The first-order chi connectivity index (χ1) is 11.2. The number of carbonyl (C=O) groups is 1. The topological polar surface area (TPSA) is 35.5 Å². The number of carbonyl (C=O) groups excluding carboxylic acids is 1. The summed E-state index contributed by atoms with van der Waals surface area (Å²) < 4.78 is 11.9. The van der Waals surface area contributed by atoms with Gasteiger partial charge in [-0.15, -0.1) is 0 Å². The van der Waals surface area contributed by atoms with Gasteiger partial charge in [-0.05, 0) is 30.5 Å². The molecule has 1 aromatic carbocycles. The Labute approximate surface area is 142 Å². The van der Waals surface area contributed by atoms with Gasteiger partial charge in [0.05, 0.1) is 6.61 Å². The van der Waals surface area contributed by atoms with Crippen LogP contribution in [0.4, 0.5) is 0 Å². The van der Waals surface area contributed by atoms with Crippen LogP contribution in [0.15, 0.2) is 35.6 Å². The summed E-state index contributed by atoms with van der Waals surface area (Å²) in [6.45, 7) is 2.84. The maximum atomic E-state index is 12.4. The second-order valence-corrected chi connectivity index (χ2v) is 6.66. The largest absolute Gasteiger partial charge is 0.469 e. The molecule has 1 aliphatic heterocycles. The van der Waals surface area contributed by atoms with Gasteiger partial charge < -0.3 is 9.47 Å². The Morgan fingerprint density at radius 3 is 2.78 bits per heavy atom. The average molecular weight is 335 g/mol. The van der Waals surface area contributed by atoms with Crippen molar-refractivity contribution in [3.8, 4) is 0 Å². The first-order valence-electron chi connectivity index (χ1n) is 8.49. The van der Waals surface area contributed by atoms with E-state index in [1.165, 1.54) is 0 Å². The second kappa shape index (κ2) is 7.50. The van der Waals surface area contributed by atoms with E-state index in [0.29, 0.717) is 24.5 Å². The first-order valence-corrected chi connectivity index (χ1v) is 8.86. The SMILES string of the molecule is CCCCOC1CC(c2ccc(Cl)cc2)C2=C(CCCC2=O)O1. The molecule has 0 fully saturated rings. The van der Waals surface area contributed by atoms with Gasteiger partial charge in [0, 0.05) is 35.8 Å². The van der Waals surface area contributed by atoms with E-state index in [1.807, 2.05) is 24.3 Å². The van der Waals surface area contributed by atoms with Gasteiger partial charge in [0.15, 0.2) is 12.1 Å². The van der Waals surface area contributed by atoms with Crippen LogP contribution in [0.3, 0.4) is 0 Å². The first kappa shape index (κ1) is 16.5. The zero-order chi connectivity index (χ0) is 16.2. The van der Waals surface area contributed by atoms with Crippen molar-refractivity contribution in [1.29, 1.82) is 0 Å². The molecule has 1 aromatic rings. The molecule has 124 valence electrons. The third-order valence-electron chi connectivity index (χ3n) is 4.53. The Balaban J connectivity index is 1.86. The quantitative estimate of drug-likeness (QED) is 0.711. The predicted octanol–water partition coefficient (Wildman–Crippen LogP) is 4.99. The smallest absolute Gasteiger partial charge is 0.200 e. The third kappa shape index (κ3) is 3.78. The predicted molar refractivity (Wildman–Crippen MR) is 90.4 cm³/mol. The number of Topliss-reactive ketones (excluding diaryl/α,β-unsaturated/α-hetero) is 1. The van der Waals surface area contributed by atoms with Crippen LogP contribution in [-0.2, 0) is 14.3 Å². The van der Waals surface area contributed by atoms with E-state index in [0.717, 1.165) is 42.6 Å². The van der Waals surface area contributed by atoms with Crippen LogP contribution in [0.25, 0.3) is 0 Å². The van der Waals surface area contributed by atoms with Crippen molar-refractivity contribution in [2.24, 2.45) is 0 Å². The summed E-state index contributed by atoms with van der Waals surface area (Å²) in [6.07, 6.45) is 4.87. The summed E-state index contributed by atoms with van der Waals surface area (Å²) in [5.74, 6) is 1.11. The Kier molecular flexibility index (Phi) is 5.39. The maximum absolute atomic E-state index is 12.4. The molecule has 0 amide bonds. The van der Waals surface area contributed by atoms with E-state index in [4.69, 9.17) is 21.1 Å². The molecule has 2 atom stereocenters. The molecule has 0 saturated heterocycles. The zero-order valence-corrected chi connectivity index (χ0v) is 14.3. The molecular weight excluding hydrogens is 312 g/mol. The number of hydrogen-bond acceptors (Lipinski definition) is 3. The van der Waals surface area contributed by atoms with Crippen LogP contribution in [0.5, 0.6) is 0 Å². The van der Waals surface area contributed by atoms with Gasteiger partial charge in [0.1, 0.15) is 5.76 Å². The molecule has 0 bridgehead atoms. The lowest BCUT2D eigenvalue weighted by Crippen LogP contribution is -2.32. The third-order valence-corrected chi connectivity index (χ3v) is 4.78. The van der Waals surface area contributed by atoms with Crippen molar-refractivity contribution in [3.63, 3.8) is 0 Å². The van der Waals surface area contributed by atoms with Gasteiger partial charge in [-0.3, -0.25) is 4.79 Å². The Hall–Kier alpha value is -1.32. The van der Waals surface area contributed by atoms with Gasteiger partial charge >= 0.3 is 0 Å². The van der Waals surface area contributed by atoms with Crippen molar-refractivity contribution in [2.75, 3.05) is 6.61 Å². The fraction of sp³-hybridized carbons (Fsp3) is 0.526. The lowest BCUT2D eigenvalue weighted by Gasteiger charge is -2.36. The highest BCUT2D eigenvalue weighted by atomic mass is 35.5. The minimum Gasteiger partial charge on any atom is -0.469 e. The lowest BCUT2D eigenvalue weighted by atomic mass is 9.79. The molecule has 0 spiro atoms. The summed E-state index contributed by atoms with van der Waals surface area (Å²) in [4.78, 5) is 12.4. The van der Waals surface area contributed by atoms with Crippen molar-refractivity contribution in [1.82, 2.24) is 0 Å². The summed E-state index contributed by atoms with van der Waals surface area (Å²) >= 11 is 6.00. The van der Waals surface area contributed by atoms with Gasteiger partial charge in [0.2, 0.25) is 0 Å². The standard InChI is InChI=1S/C19H23ClO3/c1-2-3-11-22-18-12-15(13-7-9-14(20)10-8-13)19-16(21)5-4-6-17(19)23-18/h7-10,15,18H,2-6,11-12H2,1H3. The normalized spacial score (nSPS) is 24.3. The van der Waals surface area contributed by atoms with Crippen LogP contribution >= 0.6 is 11.6 Å². The minimum atomic E-state index is -0.258. The molecule has 3 rings (SSSR count). The van der Waals surface area contributed by atoms with Gasteiger partial charge in [-0.2, -0.15) is 0 Å². The number of ketones is 1. The summed E-state index contributed by atoms with van der Waals surface area (Å²) in [5.41, 5.74) is 1.97. The monoisotopic (exact) mass is 334 g/mol. The van der Waals surface area contributed by atoms with Crippen LogP contribution in [0.2, 0.25) is 5.02 Å². The minimum absolute atomic E-state index is 0.0513. The molecule has 4 heteroatoms. The van der Waals surface area contributed by atoms with E-state index in [-0.39, 0.29) is 18.0 Å². The molecule has 1 aliphatic carbocycles. The highest BCUT2D eigenvalue weighted by molar-refractivity contribution is 6.30. The van der Waals surface area contributed by atoms with Crippen LogP contribution < -0.4 is 0 Å². The number of unbranched alkanes of at least 4 members (excludes halogenated alkanes) is 1.